The van der Waals surface area contributed by atoms with Gasteiger partial charge in [-0.1, -0.05) is 24.3 Å². The van der Waals surface area contributed by atoms with Crippen molar-refractivity contribution in [1.29, 1.82) is 0 Å². The van der Waals surface area contributed by atoms with Crippen LogP contribution < -0.4 is 4.74 Å². The fourth-order valence-corrected chi connectivity index (χ4v) is 1.87. The van der Waals surface area contributed by atoms with Crippen LogP contribution in [0.4, 0.5) is 0 Å². The maximum Gasteiger partial charge on any atom is 0.126 e. The van der Waals surface area contributed by atoms with Gasteiger partial charge in [0.1, 0.15) is 5.75 Å². The van der Waals surface area contributed by atoms with Gasteiger partial charge in [-0.25, -0.2) is 0 Å². The van der Waals surface area contributed by atoms with E-state index in [-0.39, 0.29) is 0 Å². The smallest absolute Gasteiger partial charge is 0.126 e. The Bertz CT molecular complexity index is 371. The first kappa shape index (κ1) is 10.2. The molecule has 79 valence electrons. The summed E-state index contributed by atoms with van der Waals surface area (Å²) in [5, 5.41) is 0. The van der Waals surface area contributed by atoms with E-state index in [9.17, 15) is 0 Å². The monoisotopic (exact) mass is 202 g/mol. The van der Waals surface area contributed by atoms with Crippen LogP contribution in [0.25, 0.3) is 5.57 Å². The third-order valence-electron chi connectivity index (χ3n) is 2.75. The van der Waals surface area contributed by atoms with Gasteiger partial charge in [0.15, 0.2) is 0 Å². The van der Waals surface area contributed by atoms with Crippen LogP contribution in [-0.2, 0) is 0 Å². The van der Waals surface area contributed by atoms with Crippen LogP contribution in [0.1, 0.15) is 12.0 Å². The maximum atomic E-state index is 5.36. The Morgan fingerprint density at radius 2 is 2.13 bits per heavy atom. The third kappa shape index (κ3) is 2.21. The van der Waals surface area contributed by atoms with Crippen LogP contribution in [0.3, 0.4) is 0 Å². The number of rotatable bonds is 2. The van der Waals surface area contributed by atoms with Gasteiger partial charge in [-0.05, 0) is 18.1 Å². The largest absolute Gasteiger partial charge is 0.496 e. The van der Waals surface area contributed by atoms with E-state index in [1.54, 1.807) is 7.11 Å². The Labute approximate surface area is 91.2 Å². The summed E-state index contributed by atoms with van der Waals surface area (Å²) in [5.74, 6) is 0.960. The first-order valence-electron chi connectivity index (χ1n) is 5.19. The Morgan fingerprint density at radius 1 is 1.33 bits per heavy atom. The maximum absolute atomic E-state index is 5.36. The molecule has 0 aromatic heterocycles. The van der Waals surface area contributed by atoms with Crippen molar-refractivity contribution in [1.82, 2.24) is 4.90 Å². The number of nitrogens with zero attached hydrogens (tertiary/aromatic N) is 1. The summed E-state index contributed by atoms with van der Waals surface area (Å²) >= 11 is 0. The Morgan fingerprint density at radius 3 is 2.80 bits per heavy atom. The lowest BCUT2D eigenvalue weighted by Crippen LogP contribution is -2.21. The number of para-hydroxylation sites is 1. The van der Waals surface area contributed by atoms with Gasteiger partial charge in [0, 0.05) is 25.7 Å². The summed E-state index contributed by atoms with van der Waals surface area (Å²) in [7, 11) is 5.64. The van der Waals surface area contributed by atoms with E-state index in [1.165, 1.54) is 11.1 Å². The van der Waals surface area contributed by atoms with Crippen molar-refractivity contribution in [3.63, 3.8) is 0 Å². The van der Waals surface area contributed by atoms with E-state index in [4.69, 9.17) is 4.74 Å². The molecule has 1 aliphatic rings. The second-order valence-electron chi connectivity index (χ2n) is 3.76. The third-order valence-corrected chi connectivity index (χ3v) is 2.75. The lowest BCUT2D eigenvalue weighted by Gasteiger charge is -2.22. The topological polar surface area (TPSA) is 12.5 Å². The summed E-state index contributed by atoms with van der Waals surface area (Å²) in [6.07, 6.45) is 3.28. The predicted molar refractivity (Wildman–Crippen MR) is 62.5 cm³/mol. The molecule has 0 aliphatic carbocycles. The number of hydrogen-bond donors (Lipinski definition) is 0. The highest BCUT2D eigenvalue weighted by Crippen LogP contribution is 2.29. The number of methoxy groups -OCH3 is 1. The molecule has 15 heavy (non-hydrogen) atoms. The second-order valence-corrected chi connectivity index (χ2v) is 3.76. The highest BCUT2D eigenvalue weighted by molar-refractivity contribution is 5.71. The summed E-state index contributed by atoms with van der Waals surface area (Å²) < 4.78 is 5.36. The molecule has 1 aromatic rings. The van der Waals surface area contributed by atoms with E-state index >= 15 is 0 Å². The molecule has 1 radical (unpaired) electrons. The molecule has 1 heterocycles. The molecule has 0 unspecified atom stereocenters. The average molecular weight is 202 g/mol. The first-order chi connectivity index (χ1) is 7.31. The predicted octanol–water partition coefficient (Wildman–Crippen LogP) is 2.58. The van der Waals surface area contributed by atoms with Crippen LogP contribution >= 0.6 is 0 Å². The zero-order valence-electron chi connectivity index (χ0n) is 9.07. The second kappa shape index (κ2) is 4.49. The van der Waals surface area contributed by atoms with Gasteiger partial charge in [-0.3, -0.25) is 4.90 Å². The molecule has 0 N–H and O–H groups in total. The van der Waals surface area contributed by atoms with Crippen LogP contribution in [-0.4, -0.2) is 25.1 Å². The zero-order valence-corrected chi connectivity index (χ0v) is 9.07. The fourth-order valence-electron chi connectivity index (χ4n) is 1.87. The minimum Gasteiger partial charge on any atom is -0.496 e. The average Bonchev–Trinajstić information content (AvgIpc) is 2.30. The minimum absolute atomic E-state index is 0.924. The minimum atomic E-state index is 0.924. The summed E-state index contributed by atoms with van der Waals surface area (Å²) in [6.45, 7) is 1.94. The fraction of sp³-hybridized carbons (Fsp3) is 0.308. The number of benzene rings is 1. The Balaban J connectivity index is 2.29. The molecular weight excluding hydrogens is 186 g/mol. The van der Waals surface area contributed by atoms with E-state index < -0.39 is 0 Å². The van der Waals surface area contributed by atoms with E-state index in [1.807, 2.05) is 12.1 Å². The molecule has 0 fully saturated rings. The van der Waals surface area contributed by atoms with Crippen LogP contribution in [0.15, 0.2) is 30.3 Å². The lowest BCUT2D eigenvalue weighted by molar-refractivity contribution is 0.402. The first-order valence-corrected chi connectivity index (χ1v) is 5.19. The number of hydrogen-bond acceptors (Lipinski definition) is 2. The van der Waals surface area contributed by atoms with Crippen molar-refractivity contribution in [3.8, 4) is 5.75 Å². The lowest BCUT2D eigenvalue weighted by atomic mass is 9.99. The van der Waals surface area contributed by atoms with Crippen LogP contribution in [0.2, 0.25) is 0 Å². The Kier molecular flexibility index (Phi) is 3.07. The summed E-state index contributed by atoms with van der Waals surface area (Å²) in [4.78, 5) is 2.07. The highest BCUT2D eigenvalue weighted by atomic mass is 16.5. The van der Waals surface area contributed by atoms with E-state index in [2.05, 4.69) is 30.2 Å². The van der Waals surface area contributed by atoms with Crippen molar-refractivity contribution in [3.05, 3.63) is 43.0 Å². The van der Waals surface area contributed by atoms with E-state index in [0.717, 1.165) is 25.3 Å². The molecule has 2 rings (SSSR count). The quantitative estimate of drug-likeness (QED) is 0.731. The molecule has 0 saturated carbocycles. The molecule has 0 atom stereocenters. The molecular formula is C13H16NO. The molecule has 1 aliphatic heterocycles. The molecule has 0 saturated heterocycles. The van der Waals surface area contributed by atoms with Gasteiger partial charge in [-0.15, -0.1) is 0 Å². The molecule has 2 nitrogen and oxygen atoms in total. The van der Waals surface area contributed by atoms with Crippen molar-refractivity contribution >= 4 is 5.57 Å². The van der Waals surface area contributed by atoms with Gasteiger partial charge in [-0.2, -0.15) is 0 Å². The SMILES string of the molecule is [CH2]N1CC=C(c2ccccc2OC)CC1. The van der Waals surface area contributed by atoms with Crippen LogP contribution in [0.5, 0.6) is 5.75 Å². The van der Waals surface area contributed by atoms with Gasteiger partial charge in [0.05, 0.1) is 7.11 Å². The molecule has 0 amide bonds. The van der Waals surface area contributed by atoms with E-state index in [0.29, 0.717) is 0 Å². The normalized spacial score (nSPS) is 17.3. The zero-order chi connectivity index (χ0) is 10.7. The summed E-state index contributed by atoms with van der Waals surface area (Å²) in [5.41, 5.74) is 2.58. The van der Waals surface area contributed by atoms with Gasteiger partial charge in [0.25, 0.3) is 0 Å². The highest BCUT2D eigenvalue weighted by Gasteiger charge is 2.12. The molecule has 1 aromatic carbocycles. The molecule has 0 bridgehead atoms. The van der Waals surface area contributed by atoms with Gasteiger partial charge in [0.2, 0.25) is 0 Å². The van der Waals surface area contributed by atoms with Crippen molar-refractivity contribution in [2.75, 3.05) is 20.2 Å². The van der Waals surface area contributed by atoms with Gasteiger partial charge < -0.3 is 4.74 Å². The molecule has 2 heteroatoms. The van der Waals surface area contributed by atoms with Crippen molar-refractivity contribution in [2.24, 2.45) is 0 Å². The standard InChI is InChI=1S/C13H16NO/c1-14-9-7-11(8-10-14)12-5-3-4-6-13(12)15-2/h3-7H,1,8-10H2,2H3. The number of ether oxygens (including phenoxy) is 1. The summed E-state index contributed by atoms with van der Waals surface area (Å²) in [6, 6.07) is 8.17. The van der Waals surface area contributed by atoms with Crippen molar-refractivity contribution in [2.45, 2.75) is 6.42 Å². The molecule has 0 spiro atoms. The van der Waals surface area contributed by atoms with Crippen LogP contribution in [0, 0.1) is 7.05 Å². The Hall–Kier alpha value is -1.28. The van der Waals surface area contributed by atoms with Crippen molar-refractivity contribution < 1.29 is 4.74 Å². The van der Waals surface area contributed by atoms with Gasteiger partial charge >= 0.3 is 0 Å².